The molecule has 2 aromatic carbocycles. The highest BCUT2D eigenvalue weighted by Crippen LogP contribution is 2.27. The van der Waals surface area contributed by atoms with E-state index in [0.717, 1.165) is 31.2 Å². The Bertz CT molecular complexity index is 1300. The molecular formula is C31H34FN3O5. The Morgan fingerprint density at radius 2 is 1.68 bits per heavy atom. The summed E-state index contributed by atoms with van der Waals surface area (Å²) in [6.45, 7) is 1.16. The summed E-state index contributed by atoms with van der Waals surface area (Å²) < 4.78 is 25.7. The van der Waals surface area contributed by atoms with Gasteiger partial charge in [-0.3, -0.25) is 14.4 Å². The van der Waals surface area contributed by atoms with E-state index in [2.05, 4.69) is 10.3 Å². The van der Waals surface area contributed by atoms with E-state index in [4.69, 9.17) is 9.15 Å². The van der Waals surface area contributed by atoms with Crippen molar-refractivity contribution in [3.05, 3.63) is 77.7 Å². The average molecular weight is 548 g/mol. The maximum atomic E-state index is 14.4. The van der Waals surface area contributed by atoms with Crippen molar-refractivity contribution in [1.29, 1.82) is 0 Å². The van der Waals surface area contributed by atoms with Crippen LogP contribution in [0.2, 0.25) is 0 Å². The highest BCUT2D eigenvalue weighted by atomic mass is 19.1. The van der Waals surface area contributed by atoms with Crippen LogP contribution >= 0.6 is 0 Å². The smallest absolute Gasteiger partial charge is 0.309 e. The van der Waals surface area contributed by atoms with Gasteiger partial charge in [-0.15, -0.1) is 0 Å². The zero-order valence-electron chi connectivity index (χ0n) is 22.4. The molecule has 0 bridgehead atoms. The van der Waals surface area contributed by atoms with Crippen LogP contribution in [0.5, 0.6) is 0 Å². The number of amides is 2. The number of nitrogens with zero attached hydrogens (tertiary/aromatic N) is 2. The van der Waals surface area contributed by atoms with Gasteiger partial charge in [0.15, 0.2) is 5.69 Å². The monoisotopic (exact) mass is 547 g/mol. The lowest BCUT2D eigenvalue weighted by Crippen LogP contribution is -2.42. The van der Waals surface area contributed by atoms with Crippen molar-refractivity contribution in [2.75, 3.05) is 13.1 Å². The topological polar surface area (TPSA) is 102 Å². The number of rotatable bonds is 8. The van der Waals surface area contributed by atoms with E-state index in [-0.39, 0.29) is 36.1 Å². The minimum atomic E-state index is -1.73. The standard InChI is InChI=1S/C31H34FN3O5/c32-27(22-7-3-1-4-8-22)28(36)33-19-21-11-13-23(14-12-21)29-34-26(20-39-29)30(37)35-17-15-25(16-18-35)40-31(38)24-9-5-2-6-10-24/h1,3-4,7-8,11-14,20,24-25,27H,2,5-6,9-10,15-19H2,(H,33,36). The van der Waals surface area contributed by atoms with Gasteiger partial charge in [-0.2, -0.15) is 0 Å². The van der Waals surface area contributed by atoms with Crippen LogP contribution < -0.4 is 5.32 Å². The molecule has 8 nitrogen and oxygen atoms in total. The summed E-state index contributed by atoms with van der Waals surface area (Å²) >= 11 is 0. The van der Waals surface area contributed by atoms with Gasteiger partial charge in [0.25, 0.3) is 11.8 Å². The van der Waals surface area contributed by atoms with Crippen molar-refractivity contribution < 1.29 is 27.9 Å². The molecule has 1 atom stereocenters. The van der Waals surface area contributed by atoms with Gasteiger partial charge >= 0.3 is 5.97 Å². The molecular weight excluding hydrogens is 513 g/mol. The number of halogens is 1. The van der Waals surface area contributed by atoms with Gasteiger partial charge in [0.1, 0.15) is 12.4 Å². The van der Waals surface area contributed by atoms with Gasteiger partial charge in [0, 0.05) is 38.0 Å². The van der Waals surface area contributed by atoms with E-state index in [1.54, 1.807) is 59.5 Å². The molecule has 1 saturated carbocycles. The predicted molar refractivity (Wildman–Crippen MR) is 146 cm³/mol. The number of alkyl halides is 1. The normalized spacial score (nSPS) is 17.3. The quantitative estimate of drug-likeness (QED) is 0.379. The van der Waals surface area contributed by atoms with Crippen LogP contribution in [0, 0.1) is 5.92 Å². The lowest BCUT2D eigenvalue weighted by Gasteiger charge is -2.32. The molecule has 3 aromatic rings. The second-order valence-electron chi connectivity index (χ2n) is 10.5. The number of benzene rings is 2. The number of oxazole rings is 1. The number of ether oxygens (including phenoxy) is 1. The molecule has 1 N–H and O–H groups in total. The van der Waals surface area contributed by atoms with Gasteiger partial charge in [0.05, 0.1) is 5.92 Å². The summed E-state index contributed by atoms with van der Waals surface area (Å²) in [5, 5.41) is 2.61. The van der Waals surface area contributed by atoms with E-state index >= 15 is 0 Å². The zero-order chi connectivity index (χ0) is 27.9. The number of likely N-dealkylation sites (tertiary alicyclic amines) is 1. The molecule has 1 unspecified atom stereocenters. The largest absolute Gasteiger partial charge is 0.462 e. The third-order valence-electron chi connectivity index (χ3n) is 7.66. The molecule has 1 aliphatic carbocycles. The Balaban J connectivity index is 1.09. The van der Waals surface area contributed by atoms with Crippen LogP contribution in [0.15, 0.2) is 65.3 Å². The number of nitrogens with one attached hydrogen (secondary N) is 1. The third kappa shape index (κ3) is 6.76. The molecule has 1 aliphatic heterocycles. The van der Waals surface area contributed by atoms with Gasteiger partial charge in [0.2, 0.25) is 12.1 Å². The van der Waals surface area contributed by atoms with Gasteiger partial charge in [-0.25, -0.2) is 9.37 Å². The third-order valence-corrected chi connectivity index (χ3v) is 7.66. The Kier molecular flexibility index (Phi) is 8.88. The van der Waals surface area contributed by atoms with Crippen LogP contribution in [0.25, 0.3) is 11.5 Å². The van der Waals surface area contributed by atoms with Crippen LogP contribution in [0.1, 0.15) is 72.7 Å². The van der Waals surface area contributed by atoms with E-state index in [9.17, 15) is 18.8 Å². The van der Waals surface area contributed by atoms with Crippen molar-refractivity contribution >= 4 is 17.8 Å². The molecule has 2 fully saturated rings. The fourth-order valence-corrected chi connectivity index (χ4v) is 5.26. The molecule has 2 aliphatic rings. The number of aromatic nitrogens is 1. The average Bonchev–Trinajstić information content (AvgIpc) is 3.51. The summed E-state index contributed by atoms with van der Waals surface area (Å²) in [4.78, 5) is 43.7. The van der Waals surface area contributed by atoms with Crippen molar-refractivity contribution in [2.45, 2.75) is 63.8 Å². The molecule has 2 amide bonds. The molecule has 5 rings (SSSR count). The number of carbonyl (C=O) groups is 3. The first-order valence-corrected chi connectivity index (χ1v) is 14.0. The molecule has 9 heteroatoms. The predicted octanol–water partition coefficient (Wildman–Crippen LogP) is 5.40. The van der Waals surface area contributed by atoms with E-state index < -0.39 is 12.1 Å². The molecule has 2 heterocycles. The fraction of sp³-hybridized carbons (Fsp3) is 0.419. The van der Waals surface area contributed by atoms with Gasteiger partial charge in [-0.1, -0.05) is 61.7 Å². The summed E-state index contributed by atoms with van der Waals surface area (Å²) in [7, 11) is 0. The van der Waals surface area contributed by atoms with Crippen molar-refractivity contribution in [3.63, 3.8) is 0 Å². The molecule has 0 radical (unpaired) electrons. The number of hydrogen-bond acceptors (Lipinski definition) is 6. The van der Waals surface area contributed by atoms with Crippen molar-refractivity contribution in [2.24, 2.45) is 5.92 Å². The maximum absolute atomic E-state index is 14.4. The second kappa shape index (κ2) is 12.9. The minimum absolute atomic E-state index is 0.0249. The number of esters is 1. The van der Waals surface area contributed by atoms with Crippen molar-refractivity contribution in [1.82, 2.24) is 15.2 Å². The first-order valence-electron chi connectivity index (χ1n) is 14.0. The highest BCUT2D eigenvalue weighted by molar-refractivity contribution is 5.92. The first-order chi connectivity index (χ1) is 19.5. The molecule has 210 valence electrons. The second-order valence-corrected chi connectivity index (χ2v) is 10.5. The lowest BCUT2D eigenvalue weighted by molar-refractivity contribution is -0.157. The van der Waals surface area contributed by atoms with Crippen LogP contribution in [-0.4, -0.2) is 46.9 Å². The Morgan fingerprint density at radius 1 is 0.975 bits per heavy atom. The van der Waals surface area contributed by atoms with E-state index in [1.165, 1.54) is 12.7 Å². The fourth-order valence-electron chi connectivity index (χ4n) is 5.26. The summed E-state index contributed by atoms with van der Waals surface area (Å²) in [6.07, 6.45) is 5.90. The van der Waals surface area contributed by atoms with E-state index in [0.29, 0.717) is 42.9 Å². The number of carbonyl (C=O) groups excluding carboxylic acids is 3. The minimum Gasteiger partial charge on any atom is -0.462 e. The van der Waals surface area contributed by atoms with Crippen LogP contribution in [0.3, 0.4) is 0 Å². The summed E-state index contributed by atoms with van der Waals surface area (Å²) in [6, 6.07) is 15.4. The summed E-state index contributed by atoms with van der Waals surface area (Å²) in [5.74, 6) is -0.666. The Morgan fingerprint density at radius 3 is 2.38 bits per heavy atom. The molecule has 1 aromatic heterocycles. The zero-order valence-corrected chi connectivity index (χ0v) is 22.4. The SMILES string of the molecule is O=C(OC1CCN(C(=O)c2coc(-c3ccc(CNC(=O)C(F)c4ccccc4)cc3)n2)CC1)C1CCCCC1. The number of piperidine rings is 1. The van der Waals surface area contributed by atoms with Gasteiger partial charge in [-0.05, 0) is 36.1 Å². The van der Waals surface area contributed by atoms with Crippen LogP contribution in [-0.2, 0) is 20.9 Å². The van der Waals surface area contributed by atoms with Gasteiger partial charge < -0.3 is 19.4 Å². The highest BCUT2D eigenvalue weighted by Gasteiger charge is 2.30. The maximum Gasteiger partial charge on any atom is 0.309 e. The number of hydrogen-bond donors (Lipinski definition) is 1. The molecule has 40 heavy (non-hydrogen) atoms. The Labute approximate surface area is 232 Å². The molecule has 0 spiro atoms. The van der Waals surface area contributed by atoms with Crippen LogP contribution in [0.4, 0.5) is 4.39 Å². The molecule has 1 saturated heterocycles. The summed E-state index contributed by atoms with van der Waals surface area (Å²) in [5.41, 5.74) is 1.99. The lowest BCUT2D eigenvalue weighted by atomic mass is 9.89. The van der Waals surface area contributed by atoms with E-state index in [1.807, 2.05) is 0 Å². The first kappa shape index (κ1) is 27.6. The van der Waals surface area contributed by atoms with Crippen molar-refractivity contribution in [3.8, 4) is 11.5 Å². The Hall–Kier alpha value is -4.01.